The van der Waals surface area contributed by atoms with Gasteiger partial charge in [0.05, 0.1) is 0 Å². The average molecular weight is 298 g/mol. The molecule has 0 aliphatic rings. The molecule has 2 aromatic rings. The zero-order chi connectivity index (χ0) is 15.5. The van der Waals surface area contributed by atoms with Gasteiger partial charge in [-0.05, 0) is 18.6 Å². The number of nitrogens with one attached hydrogen (secondary N) is 2. The molecule has 0 bridgehead atoms. The topological polar surface area (TPSA) is 88.8 Å². The third-order valence-corrected chi connectivity index (χ3v) is 2.57. The number of rotatable bonds is 4. The van der Waals surface area contributed by atoms with Crippen molar-refractivity contribution in [2.24, 2.45) is 5.84 Å². The van der Waals surface area contributed by atoms with Crippen molar-refractivity contribution in [2.45, 2.75) is 19.6 Å². The molecule has 0 aliphatic carbocycles. The van der Waals surface area contributed by atoms with Gasteiger partial charge in [-0.2, -0.15) is 13.2 Å². The summed E-state index contributed by atoms with van der Waals surface area (Å²) in [6, 6.07) is 4.92. The van der Waals surface area contributed by atoms with Crippen LogP contribution in [0.4, 0.5) is 24.8 Å². The molecule has 21 heavy (non-hydrogen) atoms. The number of halogens is 3. The minimum absolute atomic E-state index is 0.0193. The number of anilines is 2. The number of aryl methyl sites for hydroxylation is 1. The highest BCUT2D eigenvalue weighted by molar-refractivity contribution is 5.47. The SMILES string of the molecule is Cc1ccc(CNc2cc(NN)nc(C(F)(F)F)n2)cn1. The Balaban J connectivity index is 2.17. The molecule has 0 saturated heterocycles. The van der Waals surface area contributed by atoms with E-state index in [1.165, 1.54) is 6.07 Å². The molecule has 0 amide bonds. The lowest BCUT2D eigenvalue weighted by molar-refractivity contribution is -0.144. The highest BCUT2D eigenvalue weighted by Gasteiger charge is 2.35. The van der Waals surface area contributed by atoms with Gasteiger partial charge in [-0.25, -0.2) is 15.8 Å². The maximum Gasteiger partial charge on any atom is 0.451 e. The second kappa shape index (κ2) is 5.92. The van der Waals surface area contributed by atoms with Crippen LogP contribution in [0.15, 0.2) is 24.4 Å². The van der Waals surface area contributed by atoms with Gasteiger partial charge in [0, 0.05) is 24.5 Å². The molecule has 2 heterocycles. The monoisotopic (exact) mass is 298 g/mol. The molecule has 0 radical (unpaired) electrons. The van der Waals surface area contributed by atoms with Crippen LogP contribution < -0.4 is 16.6 Å². The van der Waals surface area contributed by atoms with Crippen LogP contribution in [-0.4, -0.2) is 15.0 Å². The van der Waals surface area contributed by atoms with Crippen LogP contribution in [0.2, 0.25) is 0 Å². The first-order chi connectivity index (χ1) is 9.88. The lowest BCUT2D eigenvalue weighted by Gasteiger charge is -2.11. The fourth-order valence-electron chi connectivity index (χ4n) is 1.53. The van der Waals surface area contributed by atoms with Crippen molar-refractivity contribution in [2.75, 3.05) is 10.7 Å². The number of alkyl halides is 3. The molecule has 2 rings (SSSR count). The van der Waals surface area contributed by atoms with Crippen LogP contribution in [0.5, 0.6) is 0 Å². The summed E-state index contributed by atoms with van der Waals surface area (Å²) in [7, 11) is 0. The van der Waals surface area contributed by atoms with Crippen molar-refractivity contribution < 1.29 is 13.2 Å². The van der Waals surface area contributed by atoms with E-state index in [1.54, 1.807) is 6.20 Å². The number of nitrogens with zero attached hydrogens (tertiary/aromatic N) is 3. The fourth-order valence-corrected chi connectivity index (χ4v) is 1.53. The van der Waals surface area contributed by atoms with E-state index in [1.807, 2.05) is 19.1 Å². The molecular weight excluding hydrogens is 285 g/mol. The van der Waals surface area contributed by atoms with Crippen molar-refractivity contribution in [1.82, 2.24) is 15.0 Å². The molecule has 112 valence electrons. The van der Waals surface area contributed by atoms with E-state index in [0.717, 1.165) is 11.3 Å². The summed E-state index contributed by atoms with van der Waals surface area (Å²) in [6.45, 7) is 2.13. The molecule has 0 spiro atoms. The van der Waals surface area contributed by atoms with Crippen LogP contribution in [-0.2, 0) is 12.7 Å². The molecule has 6 nitrogen and oxygen atoms in total. The lowest BCUT2D eigenvalue weighted by Crippen LogP contribution is -2.17. The Bertz CT molecular complexity index is 611. The summed E-state index contributed by atoms with van der Waals surface area (Å²) in [6.07, 6.45) is -3.01. The van der Waals surface area contributed by atoms with E-state index in [0.29, 0.717) is 0 Å². The van der Waals surface area contributed by atoms with Crippen molar-refractivity contribution in [3.63, 3.8) is 0 Å². The zero-order valence-electron chi connectivity index (χ0n) is 11.1. The molecule has 0 unspecified atom stereocenters. The Morgan fingerprint density at radius 3 is 2.48 bits per heavy atom. The first-order valence-electron chi connectivity index (χ1n) is 5.97. The number of nitrogen functional groups attached to an aromatic ring is 1. The molecule has 9 heteroatoms. The fraction of sp³-hybridized carbons (Fsp3) is 0.250. The van der Waals surface area contributed by atoms with Crippen LogP contribution in [0.1, 0.15) is 17.1 Å². The molecule has 0 aromatic carbocycles. The van der Waals surface area contributed by atoms with E-state index in [4.69, 9.17) is 5.84 Å². The Morgan fingerprint density at radius 2 is 1.90 bits per heavy atom. The van der Waals surface area contributed by atoms with Crippen LogP contribution in [0.25, 0.3) is 0 Å². The maximum atomic E-state index is 12.7. The van der Waals surface area contributed by atoms with Crippen molar-refractivity contribution in [3.05, 3.63) is 41.5 Å². The van der Waals surface area contributed by atoms with Gasteiger partial charge in [0.15, 0.2) is 0 Å². The maximum absolute atomic E-state index is 12.7. The second-order valence-corrected chi connectivity index (χ2v) is 4.27. The number of hydrogen-bond donors (Lipinski definition) is 3. The number of nitrogens with two attached hydrogens (primary N) is 1. The largest absolute Gasteiger partial charge is 0.451 e. The highest BCUT2D eigenvalue weighted by Crippen LogP contribution is 2.28. The quantitative estimate of drug-likeness (QED) is 0.591. The molecule has 2 aromatic heterocycles. The van der Waals surface area contributed by atoms with Gasteiger partial charge in [0.2, 0.25) is 5.82 Å². The van der Waals surface area contributed by atoms with Crippen molar-refractivity contribution >= 4 is 11.6 Å². The van der Waals surface area contributed by atoms with Gasteiger partial charge >= 0.3 is 6.18 Å². The van der Waals surface area contributed by atoms with Gasteiger partial charge in [0.25, 0.3) is 0 Å². The Kier molecular flexibility index (Phi) is 4.22. The average Bonchev–Trinajstić information content (AvgIpc) is 2.45. The van der Waals surface area contributed by atoms with Crippen molar-refractivity contribution in [3.8, 4) is 0 Å². The molecule has 0 fully saturated rings. The Labute approximate surface area is 118 Å². The molecule has 0 saturated carbocycles. The number of pyridine rings is 1. The van der Waals surface area contributed by atoms with E-state index in [9.17, 15) is 13.2 Å². The minimum atomic E-state index is -4.64. The molecule has 4 N–H and O–H groups in total. The second-order valence-electron chi connectivity index (χ2n) is 4.27. The van der Waals surface area contributed by atoms with Gasteiger partial charge in [-0.1, -0.05) is 6.07 Å². The summed E-state index contributed by atoms with van der Waals surface area (Å²) in [4.78, 5) is 10.8. The van der Waals surface area contributed by atoms with E-state index >= 15 is 0 Å². The normalized spacial score (nSPS) is 11.3. The highest BCUT2D eigenvalue weighted by atomic mass is 19.4. The van der Waals surface area contributed by atoms with Crippen LogP contribution in [0, 0.1) is 6.92 Å². The van der Waals surface area contributed by atoms with Gasteiger partial charge < -0.3 is 10.7 Å². The first kappa shape index (κ1) is 15.0. The van der Waals surface area contributed by atoms with Crippen LogP contribution in [0.3, 0.4) is 0 Å². The van der Waals surface area contributed by atoms with E-state index in [-0.39, 0.29) is 18.2 Å². The zero-order valence-corrected chi connectivity index (χ0v) is 11.1. The van der Waals surface area contributed by atoms with E-state index in [2.05, 4.69) is 25.7 Å². The third kappa shape index (κ3) is 4.02. The smallest absolute Gasteiger partial charge is 0.366 e. The summed E-state index contributed by atoms with van der Waals surface area (Å²) in [5.41, 5.74) is 3.75. The van der Waals surface area contributed by atoms with Crippen LogP contribution >= 0.6 is 0 Å². The predicted octanol–water partition coefficient (Wildman–Crippen LogP) is 2.10. The van der Waals surface area contributed by atoms with Crippen molar-refractivity contribution in [1.29, 1.82) is 0 Å². The lowest BCUT2D eigenvalue weighted by atomic mass is 10.2. The first-order valence-corrected chi connectivity index (χ1v) is 5.97. The Hall–Kier alpha value is -2.42. The van der Waals surface area contributed by atoms with E-state index < -0.39 is 12.0 Å². The summed E-state index contributed by atoms with van der Waals surface area (Å²) in [5, 5.41) is 2.78. The summed E-state index contributed by atoms with van der Waals surface area (Å²) < 4.78 is 38.0. The summed E-state index contributed by atoms with van der Waals surface area (Å²) >= 11 is 0. The Morgan fingerprint density at radius 1 is 1.19 bits per heavy atom. The standard InChI is InChI=1S/C12H13F3N6/c1-7-2-3-8(5-17-7)6-18-9-4-10(21-16)20-11(19-9)12(13,14)15/h2-5H,6,16H2,1H3,(H2,18,19,20,21). The predicted molar refractivity (Wildman–Crippen MR) is 71.1 cm³/mol. The van der Waals surface area contributed by atoms with Gasteiger partial charge in [-0.3, -0.25) is 4.98 Å². The number of aromatic nitrogens is 3. The molecular formula is C12H13F3N6. The minimum Gasteiger partial charge on any atom is -0.366 e. The summed E-state index contributed by atoms with van der Waals surface area (Å²) in [5.74, 6) is 3.74. The number of hydrazine groups is 1. The molecule has 0 atom stereocenters. The van der Waals surface area contributed by atoms with Gasteiger partial charge in [-0.15, -0.1) is 0 Å². The van der Waals surface area contributed by atoms with Gasteiger partial charge in [0.1, 0.15) is 11.6 Å². The third-order valence-electron chi connectivity index (χ3n) is 2.57. The number of hydrogen-bond acceptors (Lipinski definition) is 6. The molecule has 0 aliphatic heterocycles.